The molecule has 0 saturated heterocycles. The van der Waals surface area contributed by atoms with Gasteiger partial charge < -0.3 is 15.3 Å². The molecule has 0 aliphatic carbocycles. The van der Waals surface area contributed by atoms with Gasteiger partial charge in [-0.05, 0) is 25.7 Å². The van der Waals surface area contributed by atoms with Gasteiger partial charge in [-0.25, -0.2) is 0 Å². The molecule has 0 rings (SSSR count). The topological polar surface area (TPSA) is 77.8 Å². The van der Waals surface area contributed by atoms with Crippen molar-refractivity contribution in [1.29, 1.82) is 0 Å². The molecule has 0 aromatic rings. The molecule has 16 heavy (non-hydrogen) atoms. The van der Waals surface area contributed by atoms with E-state index in [1.807, 2.05) is 0 Å². The zero-order chi connectivity index (χ0) is 12.2. The second-order valence-corrected chi connectivity index (χ2v) is 4.09. The minimum absolute atomic E-state index is 0.0193. The van der Waals surface area contributed by atoms with Crippen LogP contribution in [0.5, 0.6) is 0 Å². The molecule has 96 valence electrons. The van der Waals surface area contributed by atoms with Crippen LogP contribution in [0.1, 0.15) is 51.4 Å². The molecule has 0 aromatic heterocycles. The summed E-state index contributed by atoms with van der Waals surface area (Å²) in [7, 11) is 0. The molecule has 3 N–H and O–H groups in total. The number of aliphatic hydroxyl groups excluding tert-OH is 3. The molecule has 0 aliphatic rings. The van der Waals surface area contributed by atoms with Crippen molar-refractivity contribution < 1.29 is 20.1 Å². The van der Waals surface area contributed by atoms with Crippen molar-refractivity contribution in [3.8, 4) is 0 Å². The Balaban J connectivity index is 3.35. The Hall–Kier alpha value is -0.450. The van der Waals surface area contributed by atoms with Crippen LogP contribution in [-0.4, -0.2) is 40.4 Å². The van der Waals surface area contributed by atoms with Crippen LogP contribution in [0.15, 0.2) is 0 Å². The van der Waals surface area contributed by atoms with Crippen LogP contribution in [0.3, 0.4) is 0 Å². The number of unbranched alkanes of at least 4 members (excludes halogenated alkanes) is 4. The van der Waals surface area contributed by atoms with Crippen molar-refractivity contribution in [3.63, 3.8) is 0 Å². The monoisotopic (exact) mass is 232 g/mol. The molecule has 0 radical (unpaired) electrons. The van der Waals surface area contributed by atoms with E-state index in [1.165, 1.54) is 0 Å². The molecule has 1 unspecified atom stereocenters. The fraction of sp³-hybridized carbons (Fsp3) is 0.917. The number of carbonyl (C=O) groups is 1. The largest absolute Gasteiger partial charge is 0.396 e. The Bertz CT molecular complexity index is 170. The van der Waals surface area contributed by atoms with Crippen molar-refractivity contribution in [1.82, 2.24) is 0 Å². The van der Waals surface area contributed by atoms with Gasteiger partial charge in [0.2, 0.25) is 0 Å². The molecular weight excluding hydrogens is 208 g/mol. The highest BCUT2D eigenvalue weighted by atomic mass is 16.3. The van der Waals surface area contributed by atoms with E-state index >= 15 is 0 Å². The molecule has 0 saturated carbocycles. The van der Waals surface area contributed by atoms with Gasteiger partial charge in [0, 0.05) is 19.6 Å². The summed E-state index contributed by atoms with van der Waals surface area (Å²) in [5.74, 6) is -0.115. The van der Waals surface area contributed by atoms with Gasteiger partial charge in [0.1, 0.15) is 6.10 Å². The summed E-state index contributed by atoms with van der Waals surface area (Å²) in [6.07, 6.45) is 4.99. The SMILES string of the molecule is O=C(CCCCCCCO)C(O)CCCO. The van der Waals surface area contributed by atoms with E-state index in [0.29, 0.717) is 19.3 Å². The second-order valence-electron chi connectivity index (χ2n) is 4.09. The third kappa shape index (κ3) is 8.83. The number of carbonyl (C=O) groups excluding carboxylic acids is 1. The lowest BCUT2D eigenvalue weighted by Gasteiger charge is -2.08. The maximum atomic E-state index is 11.4. The minimum atomic E-state index is -0.899. The van der Waals surface area contributed by atoms with Gasteiger partial charge in [-0.2, -0.15) is 0 Å². The smallest absolute Gasteiger partial charge is 0.161 e. The highest BCUT2D eigenvalue weighted by Gasteiger charge is 2.13. The lowest BCUT2D eigenvalue weighted by Crippen LogP contribution is -2.20. The van der Waals surface area contributed by atoms with Gasteiger partial charge in [-0.1, -0.05) is 19.3 Å². The summed E-state index contributed by atoms with van der Waals surface area (Å²) in [4.78, 5) is 11.4. The van der Waals surface area contributed by atoms with Crippen LogP contribution < -0.4 is 0 Å². The zero-order valence-electron chi connectivity index (χ0n) is 9.90. The van der Waals surface area contributed by atoms with Gasteiger partial charge in [0.15, 0.2) is 5.78 Å². The lowest BCUT2D eigenvalue weighted by atomic mass is 10.0. The summed E-state index contributed by atoms with van der Waals surface area (Å²) >= 11 is 0. The molecule has 0 aromatic carbocycles. The van der Waals surface area contributed by atoms with E-state index in [4.69, 9.17) is 10.2 Å². The van der Waals surface area contributed by atoms with E-state index in [-0.39, 0.29) is 19.0 Å². The first-order chi connectivity index (χ1) is 7.72. The van der Waals surface area contributed by atoms with Crippen LogP contribution in [0.25, 0.3) is 0 Å². The van der Waals surface area contributed by atoms with Crippen LogP contribution in [0, 0.1) is 0 Å². The molecule has 4 nitrogen and oxygen atoms in total. The van der Waals surface area contributed by atoms with Gasteiger partial charge in [-0.15, -0.1) is 0 Å². The van der Waals surface area contributed by atoms with Crippen molar-refractivity contribution >= 4 is 5.78 Å². The highest BCUT2D eigenvalue weighted by molar-refractivity contribution is 5.82. The van der Waals surface area contributed by atoms with Crippen molar-refractivity contribution in [2.75, 3.05) is 13.2 Å². The molecule has 4 heteroatoms. The lowest BCUT2D eigenvalue weighted by molar-refractivity contribution is -0.127. The van der Waals surface area contributed by atoms with E-state index in [1.54, 1.807) is 0 Å². The van der Waals surface area contributed by atoms with Crippen LogP contribution in [0.4, 0.5) is 0 Å². The molecule has 1 atom stereocenters. The Labute approximate surface area is 97.3 Å². The van der Waals surface area contributed by atoms with Crippen molar-refractivity contribution in [2.45, 2.75) is 57.5 Å². The van der Waals surface area contributed by atoms with Gasteiger partial charge >= 0.3 is 0 Å². The molecular formula is C12H24O4. The van der Waals surface area contributed by atoms with E-state index in [9.17, 15) is 9.90 Å². The maximum Gasteiger partial charge on any atom is 0.161 e. The average molecular weight is 232 g/mol. The highest BCUT2D eigenvalue weighted by Crippen LogP contribution is 2.08. The summed E-state index contributed by atoms with van der Waals surface area (Å²) < 4.78 is 0. The minimum Gasteiger partial charge on any atom is -0.396 e. The third-order valence-corrected chi connectivity index (χ3v) is 2.59. The first kappa shape index (κ1) is 15.6. The first-order valence-corrected chi connectivity index (χ1v) is 6.15. The molecule has 0 fully saturated rings. The summed E-state index contributed by atoms with van der Waals surface area (Å²) in [6.45, 7) is 0.254. The number of aliphatic hydroxyl groups is 3. The Morgan fingerprint density at radius 3 is 2.06 bits per heavy atom. The van der Waals surface area contributed by atoms with E-state index in [0.717, 1.165) is 32.1 Å². The maximum absolute atomic E-state index is 11.4. The van der Waals surface area contributed by atoms with Crippen LogP contribution in [0.2, 0.25) is 0 Å². The summed E-state index contributed by atoms with van der Waals surface area (Å²) in [5.41, 5.74) is 0. The van der Waals surface area contributed by atoms with Crippen molar-refractivity contribution in [3.05, 3.63) is 0 Å². The predicted octanol–water partition coefficient (Wildman–Crippen LogP) is 1.02. The first-order valence-electron chi connectivity index (χ1n) is 6.15. The van der Waals surface area contributed by atoms with Gasteiger partial charge in [0.05, 0.1) is 0 Å². The quantitative estimate of drug-likeness (QED) is 0.465. The summed E-state index contributed by atoms with van der Waals surface area (Å²) in [6, 6.07) is 0. The number of Topliss-reactive ketones (excluding diaryl/α,β-unsaturated/α-hetero) is 1. The predicted molar refractivity (Wildman–Crippen MR) is 62.1 cm³/mol. The molecule has 0 heterocycles. The fourth-order valence-electron chi connectivity index (χ4n) is 1.55. The normalized spacial score (nSPS) is 12.7. The number of ketones is 1. The zero-order valence-corrected chi connectivity index (χ0v) is 9.90. The fourth-order valence-corrected chi connectivity index (χ4v) is 1.55. The molecule has 0 bridgehead atoms. The standard InChI is InChI=1S/C12H24O4/c13-9-5-3-1-2-4-7-11(15)12(16)8-6-10-14/h12-14,16H,1-10H2. The third-order valence-electron chi connectivity index (χ3n) is 2.59. The number of hydrogen-bond donors (Lipinski definition) is 3. The molecule has 0 spiro atoms. The van der Waals surface area contributed by atoms with E-state index < -0.39 is 6.10 Å². The molecule has 0 amide bonds. The van der Waals surface area contributed by atoms with Crippen LogP contribution in [-0.2, 0) is 4.79 Å². The number of hydrogen-bond acceptors (Lipinski definition) is 4. The Morgan fingerprint density at radius 2 is 1.44 bits per heavy atom. The van der Waals surface area contributed by atoms with Crippen molar-refractivity contribution in [2.24, 2.45) is 0 Å². The second kappa shape index (κ2) is 11.0. The Kier molecular flexibility index (Phi) is 10.7. The summed E-state index contributed by atoms with van der Waals surface area (Å²) in [5, 5.41) is 26.5. The number of rotatable bonds is 11. The van der Waals surface area contributed by atoms with Crippen LogP contribution >= 0.6 is 0 Å². The Morgan fingerprint density at radius 1 is 0.875 bits per heavy atom. The van der Waals surface area contributed by atoms with Gasteiger partial charge in [0.25, 0.3) is 0 Å². The molecule has 0 aliphatic heterocycles. The van der Waals surface area contributed by atoms with E-state index in [2.05, 4.69) is 0 Å². The average Bonchev–Trinajstić information content (AvgIpc) is 2.30. The van der Waals surface area contributed by atoms with Gasteiger partial charge in [-0.3, -0.25) is 4.79 Å².